The minimum Gasteiger partial charge on any atom is -0.259 e. The van der Waals surface area contributed by atoms with E-state index in [4.69, 9.17) is 0 Å². The van der Waals surface area contributed by atoms with Crippen LogP contribution in [0.3, 0.4) is 0 Å². The molecular formula is C16H21NO2S. The van der Waals surface area contributed by atoms with E-state index in [2.05, 4.69) is 6.08 Å². The van der Waals surface area contributed by atoms with Crippen LogP contribution >= 0.6 is 0 Å². The summed E-state index contributed by atoms with van der Waals surface area (Å²) in [6.45, 7) is 1.97. The van der Waals surface area contributed by atoms with Crippen LogP contribution < -0.4 is 0 Å². The molecule has 4 heteroatoms. The van der Waals surface area contributed by atoms with Gasteiger partial charge < -0.3 is 0 Å². The lowest BCUT2D eigenvalue weighted by molar-refractivity contribution is 0.536. The van der Waals surface area contributed by atoms with Crippen LogP contribution in [0.2, 0.25) is 0 Å². The Balaban J connectivity index is 1.87. The summed E-state index contributed by atoms with van der Waals surface area (Å²) in [5.74, 6) is 0. The first kappa shape index (κ1) is 13.7. The van der Waals surface area contributed by atoms with Crippen LogP contribution in [0.4, 0.5) is 0 Å². The van der Waals surface area contributed by atoms with Gasteiger partial charge in [-0.1, -0.05) is 43.0 Å². The summed E-state index contributed by atoms with van der Waals surface area (Å²) < 4.78 is 27.0. The Hall–Kier alpha value is -1.29. The van der Waals surface area contributed by atoms with E-state index in [-0.39, 0.29) is 6.04 Å². The Morgan fingerprint density at radius 3 is 2.50 bits per heavy atom. The van der Waals surface area contributed by atoms with Crippen molar-refractivity contribution in [3.8, 4) is 0 Å². The first-order valence-electron chi connectivity index (χ1n) is 7.42. The summed E-state index contributed by atoms with van der Waals surface area (Å²) in [6, 6.07) is 7.27. The highest BCUT2D eigenvalue weighted by Gasteiger charge is 2.48. The number of rotatable bonds is 2. The van der Waals surface area contributed by atoms with Gasteiger partial charge in [0.05, 0.1) is 10.9 Å². The molecular weight excluding hydrogens is 270 g/mol. The van der Waals surface area contributed by atoms with Gasteiger partial charge in [0.15, 0.2) is 0 Å². The Morgan fingerprint density at radius 2 is 1.75 bits per heavy atom. The number of hydrogen-bond acceptors (Lipinski definition) is 2. The summed E-state index contributed by atoms with van der Waals surface area (Å²) in [4.78, 5) is 0.411. The zero-order chi connectivity index (χ0) is 14.2. The van der Waals surface area contributed by atoms with E-state index in [0.717, 1.165) is 30.5 Å². The van der Waals surface area contributed by atoms with Gasteiger partial charge in [-0.3, -0.25) is 4.31 Å². The van der Waals surface area contributed by atoms with Crippen LogP contribution in [0.25, 0.3) is 0 Å². The number of nitrogens with zero attached hydrogens (tertiary/aromatic N) is 1. The van der Waals surface area contributed by atoms with Crippen molar-refractivity contribution in [2.24, 2.45) is 0 Å². The van der Waals surface area contributed by atoms with Crippen LogP contribution in [0.15, 0.2) is 40.9 Å². The highest BCUT2D eigenvalue weighted by molar-refractivity contribution is 7.89. The highest BCUT2D eigenvalue weighted by atomic mass is 32.2. The third-order valence-electron chi connectivity index (χ3n) is 4.17. The van der Waals surface area contributed by atoms with Gasteiger partial charge in [-0.25, -0.2) is 8.42 Å². The summed E-state index contributed by atoms with van der Waals surface area (Å²) in [5, 5.41) is 0. The van der Waals surface area contributed by atoms with E-state index in [0.29, 0.717) is 4.90 Å². The van der Waals surface area contributed by atoms with Crippen molar-refractivity contribution in [1.82, 2.24) is 4.31 Å². The van der Waals surface area contributed by atoms with E-state index in [9.17, 15) is 8.42 Å². The molecule has 0 bridgehead atoms. The fraction of sp³-hybridized carbons (Fsp3) is 0.500. The third-order valence-corrected chi connectivity index (χ3v) is 6.03. The average Bonchev–Trinajstić information content (AvgIpc) is 3.10. The molecule has 108 valence electrons. The van der Waals surface area contributed by atoms with Gasteiger partial charge in [0.2, 0.25) is 0 Å². The summed E-state index contributed by atoms with van der Waals surface area (Å²) in [6.07, 6.45) is 8.89. The second-order valence-electron chi connectivity index (χ2n) is 5.75. The number of aryl methyl sites for hydroxylation is 1. The van der Waals surface area contributed by atoms with Crippen molar-refractivity contribution in [3.05, 3.63) is 41.6 Å². The molecule has 1 aromatic carbocycles. The summed E-state index contributed by atoms with van der Waals surface area (Å²) >= 11 is 0. The molecule has 1 saturated heterocycles. The second kappa shape index (κ2) is 5.24. The molecule has 3 nitrogen and oxygen atoms in total. The van der Waals surface area contributed by atoms with Crippen LogP contribution in [-0.2, 0) is 10.0 Å². The molecule has 0 N–H and O–H groups in total. The van der Waals surface area contributed by atoms with Gasteiger partial charge in [-0.05, 0) is 38.3 Å². The largest absolute Gasteiger partial charge is 0.264 e. The minimum absolute atomic E-state index is 0.124. The second-order valence-corrected chi connectivity index (χ2v) is 7.57. The van der Waals surface area contributed by atoms with Gasteiger partial charge in [0, 0.05) is 5.70 Å². The Bertz CT molecular complexity index is 616. The zero-order valence-corrected chi connectivity index (χ0v) is 12.7. The maximum Gasteiger partial charge on any atom is 0.264 e. The van der Waals surface area contributed by atoms with Crippen LogP contribution in [-0.4, -0.2) is 18.8 Å². The molecule has 20 heavy (non-hydrogen) atoms. The van der Waals surface area contributed by atoms with Gasteiger partial charge >= 0.3 is 0 Å². The molecule has 1 heterocycles. The van der Waals surface area contributed by atoms with E-state index in [1.54, 1.807) is 16.4 Å². The van der Waals surface area contributed by atoms with Gasteiger partial charge in [0.25, 0.3) is 10.0 Å². The SMILES string of the molecule is Cc1ccc(S(=O)(=O)N2/C3=C/CCCCCCC32)cc1. The molecule has 1 aromatic rings. The Morgan fingerprint density at radius 1 is 1.05 bits per heavy atom. The fourth-order valence-corrected chi connectivity index (χ4v) is 4.62. The predicted octanol–water partition coefficient (Wildman–Crippen LogP) is 3.61. The molecule has 1 atom stereocenters. The number of hydrogen-bond donors (Lipinski definition) is 0. The summed E-state index contributed by atoms with van der Waals surface area (Å²) in [5.41, 5.74) is 2.10. The van der Waals surface area contributed by atoms with Crippen molar-refractivity contribution in [2.45, 2.75) is 56.4 Å². The molecule has 3 rings (SSSR count). The summed E-state index contributed by atoms with van der Waals surface area (Å²) in [7, 11) is -3.34. The maximum atomic E-state index is 12.7. The Labute approximate surface area is 121 Å². The molecule has 1 fully saturated rings. The Kier molecular flexibility index (Phi) is 3.59. The van der Waals surface area contributed by atoms with Crippen molar-refractivity contribution < 1.29 is 8.42 Å². The van der Waals surface area contributed by atoms with Crippen LogP contribution in [0.1, 0.15) is 44.1 Å². The molecule has 1 aliphatic heterocycles. The van der Waals surface area contributed by atoms with E-state index in [1.807, 2.05) is 19.1 Å². The van der Waals surface area contributed by atoms with Gasteiger partial charge in [-0.15, -0.1) is 0 Å². The van der Waals surface area contributed by atoms with Crippen molar-refractivity contribution in [1.29, 1.82) is 0 Å². The molecule has 0 radical (unpaired) electrons. The third kappa shape index (κ3) is 2.49. The van der Waals surface area contributed by atoms with E-state index in [1.165, 1.54) is 19.3 Å². The predicted molar refractivity (Wildman–Crippen MR) is 79.8 cm³/mol. The minimum atomic E-state index is -3.34. The molecule has 0 amide bonds. The standard InChI is InChI=1S/C16H21NO2S/c1-13-9-11-14(12-10-13)20(18,19)17-15-7-5-3-2-4-6-8-16(15)17/h7,9-12,16H,2-6,8H2,1H3/b15-7+. The van der Waals surface area contributed by atoms with Gasteiger partial charge in [0.1, 0.15) is 0 Å². The zero-order valence-electron chi connectivity index (χ0n) is 11.9. The fourth-order valence-electron chi connectivity index (χ4n) is 2.94. The molecule has 1 aliphatic carbocycles. The van der Waals surface area contributed by atoms with E-state index >= 15 is 0 Å². The molecule has 2 aliphatic rings. The lowest BCUT2D eigenvalue weighted by Gasteiger charge is -2.08. The number of sulfonamides is 1. The quantitative estimate of drug-likeness (QED) is 0.781. The molecule has 0 spiro atoms. The van der Waals surface area contributed by atoms with Crippen molar-refractivity contribution in [3.63, 3.8) is 0 Å². The number of benzene rings is 1. The van der Waals surface area contributed by atoms with Gasteiger partial charge in [-0.2, -0.15) is 0 Å². The van der Waals surface area contributed by atoms with Crippen LogP contribution in [0.5, 0.6) is 0 Å². The number of fused-ring (bicyclic) bond motifs is 1. The molecule has 1 unspecified atom stereocenters. The van der Waals surface area contributed by atoms with Crippen molar-refractivity contribution in [2.75, 3.05) is 0 Å². The average molecular weight is 291 g/mol. The topological polar surface area (TPSA) is 37.1 Å². The molecule has 0 saturated carbocycles. The van der Waals surface area contributed by atoms with Crippen LogP contribution in [0, 0.1) is 6.92 Å². The van der Waals surface area contributed by atoms with E-state index < -0.39 is 10.0 Å². The first-order valence-corrected chi connectivity index (χ1v) is 8.86. The smallest absolute Gasteiger partial charge is 0.259 e. The normalized spacial score (nSPS) is 25.8. The lowest BCUT2D eigenvalue weighted by Crippen LogP contribution is -2.14. The highest BCUT2D eigenvalue weighted by Crippen LogP contribution is 2.43. The lowest BCUT2D eigenvalue weighted by atomic mass is 10.1. The first-order chi connectivity index (χ1) is 9.60. The maximum absolute atomic E-state index is 12.7. The van der Waals surface area contributed by atoms with Crippen molar-refractivity contribution >= 4 is 10.0 Å². The molecule has 0 aromatic heterocycles. The number of allylic oxidation sites excluding steroid dienone is 1. The monoisotopic (exact) mass is 291 g/mol.